The van der Waals surface area contributed by atoms with Gasteiger partial charge in [0.2, 0.25) is 11.9 Å². The van der Waals surface area contributed by atoms with E-state index in [0.29, 0.717) is 23.9 Å². The van der Waals surface area contributed by atoms with Crippen molar-refractivity contribution in [3.63, 3.8) is 0 Å². The van der Waals surface area contributed by atoms with Gasteiger partial charge < -0.3 is 20.1 Å². The van der Waals surface area contributed by atoms with Crippen molar-refractivity contribution >= 4 is 17.9 Å². The SMILES string of the molecule is CN(C)c1nc(N)nc(COC(=O)c2ccc(OCc3ccccc3)cc2)n1. The van der Waals surface area contributed by atoms with Gasteiger partial charge in [-0.1, -0.05) is 30.3 Å². The van der Waals surface area contributed by atoms with E-state index < -0.39 is 5.97 Å². The van der Waals surface area contributed by atoms with E-state index in [1.165, 1.54) is 0 Å². The highest BCUT2D eigenvalue weighted by molar-refractivity contribution is 5.89. The highest BCUT2D eigenvalue weighted by atomic mass is 16.5. The largest absolute Gasteiger partial charge is 0.489 e. The van der Waals surface area contributed by atoms with E-state index in [1.54, 1.807) is 43.3 Å². The molecule has 0 aliphatic rings. The zero-order chi connectivity index (χ0) is 19.9. The molecule has 0 radical (unpaired) electrons. The van der Waals surface area contributed by atoms with Crippen LogP contribution in [0.25, 0.3) is 0 Å². The Morgan fingerprint density at radius 1 is 0.964 bits per heavy atom. The second kappa shape index (κ2) is 8.81. The van der Waals surface area contributed by atoms with Crippen molar-refractivity contribution in [2.24, 2.45) is 0 Å². The molecule has 3 rings (SSSR count). The van der Waals surface area contributed by atoms with Crippen molar-refractivity contribution in [2.45, 2.75) is 13.2 Å². The van der Waals surface area contributed by atoms with Crippen LogP contribution in [0.1, 0.15) is 21.7 Å². The second-order valence-corrected chi connectivity index (χ2v) is 6.18. The van der Waals surface area contributed by atoms with Crippen LogP contribution < -0.4 is 15.4 Å². The molecule has 2 N–H and O–H groups in total. The summed E-state index contributed by atoms with van der Waals surface area (Å²) < 4.78 is 11.0. The summed E-state index contributed by atoms with van der Waals surface area (Å²) in [6.45, 7) is 0.359. The molecule has 0 atom stereocenters. The number of nitrogen functional groups attached to an aromatic ring is 1. The van der Waals surface area contributed by atoms with Gasteiger partial charge in [-0.15, -0.1) is 0 Å². The highest BCUT2D eigenvalue weighted by Gasteiger charge is 2.11. The lowest BCUT2D eigenvalue weighted by molar-refractivity contribution is 0.0462. The van der Waals surface area contributed by atoms with Crippen LogP contribution in [-0.4, -0.2) is 35.0 Å². The lowest BCUT2D eigenvalue weighted by Gasteiger charge is -2.11. The Balaban J connectivity index is 1.56. The minimum Gasteiger partial charge on any atom is -0.489 e. The highest BCUT2D eigenvalue weighted by Crippen LogP contribution is 2.15. The number of nitrogens with two attached hydrogens (primary N) is 1. The zero-order valence-corrected chi connectivity index (χ0v) is 15.7. The van der Waals surface area contributed by atoms with Crippen LogP contribution in [0.15, 0.2) is 54.6 Å². The zero-order valence-electron chi connectivity index (χ0n) is 15.7. The molecule has 0 aliphatic heterocycles. The fourth-order valence-corrected chi connectivity index (χ4v) is 2.33. The summed E-state index contributed by atoms with van der Waals surface area (Å²) in [7, 11) is 3.57. The fraction of sp³-hybridized carbons (Fsp3) is 0.200. The Kier molecular flexibility index (Phi) is 6.01. The Hall–Kier alpha value is -3.68. The van der Waals surface area contributed by atoms with Gasteiger partial charge in [-0.05, 0) is 29.8 Å². The predicted molar refractivity (Wildman–Crippen MR) is 105 cm³/mol. The Bertz CT molecular complexity index is 930. The number of rotatable bonds is 7. The monoisotopic (exact) mass is 379 g/mol. The number of ether oxygens (including phenoxy) is 2. The average molecular weight is 379 g/mol. The van der Waals surface area contributed by atoms with Crippen LogP contribution >= 0.6 is 0 Å². The van der Waals surface area contributed by atoms with Gasteiger partial charge in [0.25, 0.3) is 0 Å². The number of nitrogens with zero attached hydrogens (tertiary/aromatic N) is 4. The van der Waals surface area contributed by atoms with Crippen molar-refractivity contribution in [1.82, 2.24) is 15.0 Å². The average Bonchev–Trinajstić information content (AvgIpc) is 2.71. The van der Waals surface area contributed by atoms with Gasteiger partial charge in [0.1, 0.15) is 12.4 Å². The molecule has 2 aromatic carbocycles. The van der Waals surface area contributed by atoms with Crippen molar-refractivity contribution in [2.75, 3.05) is 24.7 Å². The van der Waals surface area contributed by atoms with Gasteiger partial charge in [0, 0.05) is 14.1 Å². The quantitative estimate of drug-likeness (QED) is 0.625. The number of benzene rings is 2. The topological polar surface area (TPSA) is 103 Å². The van der Waals surface area contributed by atoms with Gasteiger partial charge in [0.15, 0.2) is 12.4 Å². The molecule has 8 heteroatoms. The molecule has 1 heterocycles. The van der Waals surface area contributed by atoms with E-state index in [1.807, 2.05) is 30.3 Å². The predicted octanol–water partition coefficient (Wildman–Crippen LogP) is 2.46. The number of carbonyl (C=O) groups is 1. The number of esters is 1. The first kappa shape index (κ1) is 19.1. The Morgan fingerprint density at radius 2 is 1.68 bits per heavy atom. The molecule has 144 valence electrons. The van der Waals surface area contributed by atoms with Crippen LogP contribution in [0.2, 0.25) is 0 Å². The third-order valence-electron chi connectivity index (χ3n) is 3.76. The van der Waals surface area contributed by atoms with E-state index in [4.69, 9.17) is 15.2 Å². The molecule has 3 aromatic rings. The van der Waals surface area contributed by atoms with Crippen LogP contribution in [-0.2, 0) is 18.0 Å². The van der Waals surface area contributed by atoms with Gasteiger partial charge in [0.05, 0.1) is 5.56 Å². The molecule has 0 fully saturated rings. The first-order chi connectivity index (χ1) is 13.5. The third kappa shape index (κ3) is 5.16. The van der Waals surface area contributed by atoms with Crippen molar-refractivity contribution in [3.05, 3.63) is 71.5 Å². The number of hydrogen-bond donors (Lipinski definition) is 1. The molecule has 8 nitrogen and oxygen atoms in total. The summed E-state index contributed by atoms with van der Waals surface area (Å²) in [6.07, 6.45) is 0. The second-order valence-electron chi connectivity index (χ2n) is 6.18. The van der Waals surface area contributed by atoms with E-state index in [2.05, 4.69) is 15.0 Å². The molecule has 0 unspecified atom stereocenters. The van der Waals surface area contributed by atoms with Gasteiger partial charge in [-0.2, -0.15) is 15.0 Å². The number of hydrogen-bond acceptors (Lipinski definition) is 8. The number of anilines is 2. The molecule has 0 saturated heterocycles. The van der Waals surface area contributed by atoms with Crippen LogP contribution in [0.3, 0.4) is 0 Å². The van der Waals surface area contributed by atoms with E-state index in [9.17, 15) is 4.79 Å². The van der Waals surface area contributed by atoms with Crippen molar-refractivity contribution in [3.8, 4) is 5.75 Å². The number of aromatic nitrogens is 3. The van der Waals surface area contributed by atoms with Crippen LogP contribution in [0, 0.1) is 0 Å². The fourth-order valence-electron chi connectivity index (χ4n) is 2.33. The molecule has 0 bridgehead atoms. The van der Waals surface area contributed by atoms with Gasteiger partial charge in [-0.3, -0.25) is 0 Å². The summed E-state index contributed by atoms with van der Waals surface area (Å²) in [5.41, 5.74) is 7.13. The summed E-state index contributed by atoms with van der Waals surface area (Å²) in [5.74, 6) is 0.941. The first-order valence-electron chi connectivity index (χ1n) is 8.63. The van der Waals surface area contributed by atoms with Crippen LogP contribution in [0.4, 0.5) is 11.9 Å². The van der Waals surface area contributed by atoms with E-state index >= 15 is 0 Å². The molecular weight excluding hydrogens is 358 g/mol. The standard InChI is InChI=1S/C20H21N5O3/c1-25(2)20-23-17(22-19(21)24-20)13-28-18(26)15-8-10-16(11-9-15)27-12-14-6-4-3-5-7-14/h3-11H,12-13H2,1-2H3,(H2,21,22,23,24). The molecule has 0 aliphatic carbocycles. The van der Waals surface area contributed by atoms with Crippen molar-refractivity contribution < 1.29 is 14.3 Å². The molecular formula is C20H21N5O3. The van der Waals surface area contributed by atoms with E-state index in [0.717, 1.165) is 5.56 Å². The molecule has 0 saturated carbocycles. The molecule has 0 amide bonds. The Morgan fingerprint density at radius 3 is 2.36 bits per heavy atom. The van der Waals surface area contributed by atoms with E-state index in [-0.39, 0.29) is 18.4 Å². The summed E-state index contributed by atoms with van der Waals surface area (Å²) in [6, 6.07) is 16.6. The van der Waals surface area contributed by atoms with Gasteiger partial charge in [-0.25, -0.2) is 4.79 Å². The number of carbonyl (C=O) groups excluding carboxylic acids is 1. The molecule has 0 spiro atoms. The smallest absolute Gasteiger partial charge is 0.338 e. The maximum atomic E-state index is 12.2. The molecule has 28 heavy (non-hydrogen) atoms. The maximum absolute atomic E-state index is 12.2. The Labute approximate surface area is 163 Å². The summed E-state index contributed by atoms with van der Waals surface area (Å²) >= 11 is 0. The minimum absolute atomic E-state index is 0.0738. The normalized spacial score (nSPS) is 10.4. The summed E-state index contributed by atoms with van der Waals surface area (Å²) in [5, 5.41) is 0. The lowest BCUT2D eigenvalue weighted by Crippen LogP contribution is -2.17. The maximum Gasteiger partial charge on any atom is 0.338 e. The molecule has 1 aromatic heterocycles. The summed E-state index contributed by atoms with van der Waals surface area (Å²) in [4.78, 5) is 26.1. The van der Waals surface area contributed by atoms with Gasteiger partial charge >= 0.3 is 5.97 Å². The van der Waals surface area contributed by atoms with Crippen molar-refractivity contribution in [1.29, 1.82) is 0 Å². The van der Waals surface area contributed by atoms with Crippen LogP contribution in [0.5, 0.6) is 5.75 Å². The lowest BCUT2D eigenvalue weighted by atomic mass is 10.2. The third-order valence-corrected chi connectivity index (χ3v) is 3.76. The minimum atomic E-state index is -0.486. The first-order valence-corrected chi connectivity index (χ1v) is 8.63.